The van der Waals surface area contributed by atoms with Gasteiger partial charge in [0.25, 0.3) is 5.91 Å². The maximum Gasteiger partial charge on any atom is 0.258 e. The first-order valence-electron chi connectivity index (χ1n) is 10.8. The van der Waals surface area contributed by atoms with Crippen molar-refractivity contribution >= 4 is 40.3 Å². The molecule has 0 saturated carbocycles. The molecular formula is C26H18ClFN6O2. The second kappa shape index (κ2) is 9.55. The highest BCUT2D eigenvalue weighted by Gasteiger charge is 2.22. The Morgan fingerprint density at radius 3 is 2.50 bits per heavy atom. The van der Waals surface area contributed by atoms with Crippen molar-refractivity contribution in [3.63, 3.8) is 0 Å². The molecule has 3 aromatic heterocycles. The van der Waals surface area contributed by atoms with Crippen LogP contribution in [0.25, 0.3) is 28.0 Å². The van der Waals surface area contributed by atoms with Crippen LogP contribution in [0.15, 0.2) is 79.1 Å². The summed E-state index contributed by atoms with van der Waals surface area (Å²) in [6, 6.07) is 18.8. The number of nitrogens with two attached hydrogens (primary N) is 1. The van der Waals surface area contributed by atoms with E-state index in [1.54, 1.807) is 36.5 Å². The van der Waals surface area contributed by atoms with Gasteiger partial charge in [0.2, 0.25) is 5.91 Å². The van der Waals surface area contributed by atoms with Crippen LogP contribution in [0.2, 0.25) is 5.02 Å². The number of amides is 2. The van der Waals surface area contributed by atoms with Crippen LogP contribution >= 0.6 is 11.6 Å². The van der Waals surface area contributed by atoms with E-state index < -0.39 is 18.5 Å². The van der Waals surface area contributed by atoms with E-state index in [9.17, 15) is 14.0 Å². The fourth-order valence-electron chi connectivity index (χ4n) is 3.81. The van der Waals surface area contributed by atoms with Crippen molar-refractivity contribution < 1.29 is 14.0 Å². The predicted octanol–water partition coefficient (Wildman–Crippen LogP) is 4.96. The minimum atomic E-state index is -0.773. The highest BCUT2D eigenvalue weighted by molar-refractivity contribution is 6.34. The minimum Gasteiger partial charge on any atom is -0.366 e. The van der Waals surface area contributed by atoms with E-state index in [2.05, 4.69) is 20.4 Å². The van der Waals surface area contributed by atoms with Gasteiger partial charge in [0.05, 0.1) is 27.5 Å². The molecule has 0 radical (unpaired) electrons. The Morgan fingerprint density at radius 2 is 1.81 bits per heavy atom. The lowest BCUT2D eigenvalue weighted by Gasteiger charge is -2.13. The van der Waals surface area contributed by atoms with E-state index in [0.29, 0.717) is 33.5 Å². The SMILES string of the molecule is NC(=O)c1cnc2c(NC(=O)c3cc(-c4ccccn4)c(CF)cc3Cl)n(-c3ccccc3)nc2c1. The van der Waals surface area contributed by atoms with Crippen LogP contribution in [0.3, 0.4) is 0 Å². The molecule has 3 N–H and O–H groups in total. The van der Waals surface area contributed by atoms with E-state index in [1.807, 2.05) is 18.2 Å². The van der Waals surface area contributed by atoms with Crippen LogP contribution in [0.5, 0.6) is 0 Å². The number of carbonyl (C=O) groups excluding carboxylic acids is 2. The number of rotatable bonds is 6. The van der Waals surface area contributed by atoms with Gasteiger partial charge in [0, 0.05) is 18.0 Å². The molecule has 0 aliphatic carbocycles. The van der Waals surface area contributed by atoms with E-state index >= 15 is 0 Å². The highest BCUT2D eigenvalue weighted by Crippen LogP contribution is 2.31. The van der Waals surface area contributed by atoms with Crippen LogP contribution in [0.4, 0.5) is 10.2 Å². The van der Waals surface area contributed by atoms with Gasteiger partial charge in [0.15, 0.2) is 5.82 Å². The highest BCUT2D eigenvalue weighted by atomic mass is 35.5. The minimum absolute atomic E-state index is 0.0823. The fraction of sp³-hybridized carbons (Fsp3) is 0.0385. The zero-order valence-corrected chi connectivity index (χ0v) is 19.4. The smallest absolute Gasteiger partial charge is 0.258 e. The number of fused-ring (bicyclic) bond motifs is 1. The molecule has 0 bridgehead atoms. The summed E-state index contributed by atoms with van der Waals surface area (Å²) in [5.74, 6) is -0.935. The Kier molecular flexibility index (Phi) is 6.14. The number of carbonyl (C=O) groups is 2. The molecule has 0 atom stereocenters. The zero-order valence-electron chi connectivity index (χ0n) is 18.7. The first-order chi connectivity index (χ1) is 17.5. The number of pyridine rings is 2. The zero-order chi connectivity index (χ0) is 25.2. The molecular weight excluding hydrogens is 483 g/mol. The molecule has 8 nitrogen and oxygen atoms in total. The summed E-state index contributed by atoms with van der Waals surface area (Å²) < 4.78 is 15.3. The third-order valence-electron chi connectivity index (χ3n) is 5.55. The molecule has 0 aliphatic rings. The number of benzene rings is 2. The third-order valence-corrected chi connectivity index (χ3v) is 5.86. The van der Waals surface area contributed by atoms with Crippen molar-refractivity contribution in [2.75, 3.05) is 5.32 Å². The summed E-state index contributed by atoms with van der Waals surface area (Å²) in [7, 11) is 0. The topological polar surface area (TPSA) is 116 Å². The average molecular weight is 501 g/mol. The number of hydrogen-bond acceptors (Lipinski definition) is 5. The maximum atomic E-state index is 13.8. The van der Waals surface area contributed by atoms with Gasteiger partial charge in [-0.05, 0) is 48.0 Å². The van der Waals surface area contributed by atoms with E-state index in [0.717, 1.165) is 0 Å². The molecule has 2 amide bonds. The lowest BCUT2D eigenvalue weighted by molar-refractivity contribution is 0.0997. The predicted molar refractivity (Wildman–Crippen MR) is 135 cm³/mol. The lowest BCUT2D eigenvalue weighted by atomic mass is 10.0. The number of halogens is 2. The quantitative estimate of drug-likeness (QED) is 0.342. The summed E-state index contributed by atoms with van der Waals surface area (Å²) >= 11 is 6.40. The largest absolute Gasteiger partial charge is 0.366 e. The number of hydrogen-bond donors (Lipinski definition) is 2. The molecule has 10 heteroatoms. The molecule has 0 aliphatic heterocycles. The number of anilines is 1. The van der Waals surface area contributed by atoms with Crippen molar-refractivity contribution in [3.8, 4) is 16.9 Å². The molecule has 2 aromatic carbocycles. The monoisotopic (exact) mass is 500 g/mol. The maximum absolute atomic E-state index is 13.8. The van der Waals surface area contributed by atoms with Gasteiger partial charge < -0.3 is 11.1 Å². The average Bonchev–Trinajstić information content (AvgIpc) is 3.26. The summed E-state index contributed by atoms with van der Waals surface area (Å²) in [6.07, 6.45) is 2.90. The molecule has 3 heterocycles. The number of aromatic nitrogens is 4. The molecule has 0 unspecified atom stereocenters. The van der Waals surface area contributed by atoms with Gasteiger partial charge in [-0.25, -0.2) is 14.1 Å². The summed E-state index contributed by atoms with van der Waals surface area (Å²) in [6.45, 7) is -0.773. The Labute approximate surface area is 209 Å². The van der Waals surface area contributed by atoms with Gasteiger partial charge in [-0.3, -0.25) is 14.6 Å². The van der Waals surface area contributed by atoms with Crippen molar-refractivity contribution in [1.82, 2.24) is 19.7 Å². The first-order valence-corrected chi connectivity index (χ1v) is 11.2. The van der Waals surface area contributed by atoms with Crippen LogP contribution in [0.1, 0.15) is 26.3 Å². The van der Waals surface area contributed by atoms with Gasteiger partial charge in [0.1, 0.15) is 17.7 Å². The van der Waals surface area contributed by atoms with E-state index in [1.165, 1.54) is 29.1 Å². The molecule has 0 spiro atoms. The van der Waals surface area contributed by atoms with Gasteiger partial charge in [-0.15, -0.1) is 0 Å². The normalized spacial score (nSPS) is 10.9. The summed E-state index contributed by atoms with van der Waals surface area (Å²) in [4.78, 5) is 33.7. The Hall–Kier alpha value is -4.63. The fourth-order valence-corrected chi connectivity index (χ4v) is 4.08. The number of alkyl halides is 1. The summed E-state index contributed by atoms with van der Waals surface area (Å²) in [5.41, 5.74) is 8.34. The molecule has 5 rings (SSSR count). The first kappa shape index (κ1) is 23.1. The number of para-hydroxylation sites is 1. The Bertz CT molecular complexity index is 1610. The summed E-state index contributed by atoms with van der Waals surface area (Å²) in [5, 5.41) is 7.45. The molecule has 0 saturated heterocycles. The molecule has 178 valence electrons. The van der Waals surface area contributed by atoms with Crippen molar-refractivity contribution in [2.45, 2.75) is 6.67 Å². The molecule has 36 heavy (non-hydrogen) atoms. The third kappa shape index (κ3) is 4.27. The van der Waals surface area contributed by atoms with E-state index in [-0.39, 0.29) is 22.0 Å². The lowest BCUT2D eigenvalue weighted by Crippen LogP contribution is -2.16. The number of primary amides is 1. The van der Waals surface area contributed by atoms with Crippen LogP contribution < -0.4 is 11.1 Å². The van der Waals surface area contributed by atoms with Crippen LogP contribution in [-0.2, 0) is 6.67 Å². The molecule has 5 aromatic rings. The van der Waals surface area contributed by atoms with Crippen LogP contribution in [0, 0.1) is 0 Å². The second-order valence-electron chi connectivity index (χ2n) is 7.84. The van der Waals surface area contributed by atoms with Gasteiger partial charge in [-0.2, -0.15) is 5.10 Å². The van der Waals surface area contributed by atoms with Gasteiger partial charge >= 0.3 is 0 Å². The second-order valence-corrected chi connectivity index (χ2v) is 8.25. The molecule has 0 fully saturated rings. The van der Waals surface area contributed by atoms with Crippen molar-refractivity contribution in [2.24, 2.45) is 5.73 Å². The van der Waals surface area contributed by atoms with Crippen molar-refractivity contribution in [1.29, 1.82) is 0 Å². The number of nitrogens with one attached hydrogen (secondary N) is 1. The Morgan fingerprint density at radius 1 is 1.03 bits per heavy atom. The Balaban J connectivity index is 1.62. The van der Waals surface area contributed by atoms with Gasteiger partial charge in [-0.1, -0.05) is 35.9 Å². The van der Waals surface area contributed by atoms with Crippen LogP contribution in [-0.4, -0.2) is 31.6 Å². The van der Waals surface area contributed by atoms with Crippen molar-refractivity contribution in [3.05, 3.63) is 101 Å². The number of nitrogens with zero attached hydrogens (tertiary/aromatic N) is 4. The standard InChI is InChI=1S/C26H18ClFN6O2/c27-20-10-15(13-28)18(21-8-4-5-9-30-21)12-19(20)26(36)32-25-23-22(11-16(14-31-23)24(29)35)33-34(25)17-6-2-1-3-7-17/h1-12,14H,13H2,(H2,29,35)(H,32,36). The van der Waals surface area contributed by atoms with E-state index in [4.69, 9.17) is 17.3 Å².